The highest BCUT2D eigenvalue weighted by atomic mass is 32.2. The van der Waals surface area contributed by atoms with Gasteiger partial charge in [0.2, 0.25) is 0 Å². The maximum atomic E-state index is 13.2. The Labute approximate surface area is 145 Å². The molecule has 0 heterocycles. The van der Waals surface area contributed by atoms with E-state index in [0.717, 1.165) is 23.9 Å². The fraction of sp³-hybridized carbons (Fsp3) is 0.125. The van der Waals surface area contributed by atoms with Crippen molar-refractivity contribution in [1.29, 1.82) is 0 Å². The summed E-state index contributed by atoms with van der Waals surface area (Å²) in [6.45, 7) is 1.11. The second-order valence-electron chi connectivity index (χ2n) is 4.89. The number of carbonyl (C=O) groups is 2. The molecule has 0 saturated carbocycles. The van der Waals surface area contributed by atoms with Gasteiger partial charge >= 0.3 is 11.9 Å². The Morgan fingerprint density at radius 2 is 1.92 bits per heavy atom. The zero-order valence-electron chi connectivity index (χ0n) is 12.9. The molecule has 0 saturated heterocycles. The minimum Gasteiger partial charge on any atom is -0.478 e. The molecule has 0 fully saturated rings. The number of benzene rings is 2. The van der Waals surface area contributed by atoms with E-state index in [2.05, 4.69) is 0 Å². The van der Waals surface area contributed by atoms with Crippen LogP contribution < -0.4 is 0 Å². The van der Waals surface area contributed by atoms with Gasteiger partial charge in [-0.25, -0.2) is 9.18 Å². The summed E-state index contributed by atoms with van der Waals surface area (Å²) in [5.74, 6) is -2.57. The molecule has 0 aliphatic rings. The van der Waals surface area contributed by atoms with Gasteiger partial charge in [-0.15, -0.1) is 0 Å². The number of ether oxygens (including phenoxy) is 1. The molecule has 2 aromatic rings. The van der Waals surface area contributed by atoms with Crippen molar-refractivity contribution in [2.45, 2.75) is 23.3 Å². The van der Waals surface area contributed by atoms with Crippen LogP contribution in [0.5, 0.6) is 0 Å². The number of nitro benzene ring substituents is 1. The molecular weight excluding hydrogens is 353 g/mol. The van der Waals surface area contributed by atoms with E-state index >= 15 is 0 Å². The lowest BCUT2D eigenvalue weighted by atomic mass is 10.2. The summed E-state index contributed by atoms with van der Waals surface area (Å²) in [5, 5.41) is 20.4. The summed E-state index contributed by atoms with van der Waals surface area (Å²) < 4.78 is 18.0. The Hall–Kier alpha value is -2.94. The summed E-state index contributed by atoms with van der Waals surface area (Å²) in [7, 11) is 0. The fourth-order valence-corrected chi connectivity index (χ4v) is 2.95. The van der Waals surface area contributed by atoms with Gasteiger partial charge in [0.05, 0.1) is 15.4 Å². The van der Waals surface area contributed by atoms with Crippen molar-refractivity contribution in [2.24, 2.45) is 0 Å². The van der Waals surface area contributed by atoms with Crippen LogP contribution in [0.4, 0.5) is 10.1 Å². The van der Waals surface area contributed by atoms with Gasteiger partial charge in [0.25, 0.3) is 5.69 Å². The van der Waals surface area contributed by atoms with Crippen LogP contribution in [0.2, 0.25) is 0 Å². The van der Waals surface area contributed by atoms with Gasteiger partial charge in [0.15, 0.2) is 0 Å². The fourth-order valence-electron chi connectivity index (χ4n) is 1.94. The van der Waals surface area contributed by atoms with Crippen LogP contribution in [0.1, 0.15) is 22.8 Å². The number of rotatable bonds is 6. The van der Waals surface area contributed by atoms with E-state index < -0.39 is 22.7 Å². The summed E-state index contributed by atoms with van der Waals surface area (Å²) in [6.07, 6.45) is 0. The summed E-state index contributed by atoms with van der Waals surface area (Å²) in [4.78, 5) is 33.1. The zero-order valence-corrected chi connectivity index (χ0v) is 13.7. The first-order chi connectivity index (χ1) is 11.8. The first-order valence-corrected chi connectivity index (χ1v) is 7.71. The van der Waals surface area contributed by atoms with Gasteiger partial charge < -0.3 is 9.84 Å². The average Bonchev–Trinajstić information content (AvgIpc) is 2.55. The van der Waals surface area contributed by atoms with Gasteiger partial charge in [0, 0.05) is 17.9 Å². The summed E-state index contributed by atoms with van der Waals surface area (Å²) in [6, 6.07) is 7.38. The van der Waals surface area contributed by atoms with Crippen LogP contribution in [-0.4, -0.2) is 22.0 Å². The van der Waals surface area contributed by atoms with Crippen molar-refractivity contribution in [1.82, 2.24) is 0 Å². The van der Waals surface area contributed by atoms with Gasteiger partial charge in [-0.05, 0) is 29.8 Å². The van der Waals surface area contributed by atoms with Gasteiger partial charge in [-0.1, -0.05) is 17.8 Å². The number of carbonyl (C=O) groups excluding carboxylic acids is 1. The van der Waals surface area contributed by atoms with Crippen LogP contribution in [0.15, 0.2) is 46.2 Å². The molecule has 0 radical (unpaired) electrons. The highest BCUT2D eigenvalue weighted by Gasteiger charge is 2.19. The molecule has 0 amide bonds. The third-order valence-corrected chi connectivity index (χ3v) is 4.20. The third-order valence-electron chi connectivity index (χ3n) is 3.05. The van der Waals surface area contributed by atoms with E-state index in [4.69, 9.17) is 9.84 Å². The first-order valence-electron chi connectivity index (χ1n) is 6.89. The minimum absolute atomic E-state index is 0.113. The third kappa shape index (κ3) is 4.77. The number of nitro groups is 1. The van der Waals surface area contributed by atoms with Crippen molar-refractivity contribution in [2.75, 3.05) is 0 Å². The standard InChI is InChI=1S/C16H12FNO6S/c1-9(19)24-8-10-2-4-15(13(6-10)18(22)23)25-14-5-3-11(17)7-12(14)16(20)21/h2-7H,8H2,1H3,(H,20,21). The number of halogens is 1. The Morgan fingerprint density at radius 1 is 1.24 bits per heavy atom. The SMILES string of the molecule is CC(=O)OCc1ccc(Sc2ccc(F)cc2C(=O)O)c([N+](=O)[O-])c1. The monoisotopic (exact) mass is 365 g/mol. The van der Waals surface area contributed by atoms with E-state index in [-0.39, 0.29) is 27.6 Å². The molecule has 0 aliphatic carbocycles. The molecule has 0 spiro atoms. The van der Waals surface area contributed by atoms with Crippen LogP contribution in [0.3, 0.4) is 0 Å². The molecule has 2 rings (SSSR count). The van der Waals surface area contributed by atoms with Crippen molar-refractivity contribution >= 4 is 29.4 Å². The Bertz CT molecular complexity index is 855. The Balaban J connectivity index is 2.38. The Morgan fingerprint density at radius 3 is 2.52 bits per heavy atom. The largest absolute Gasteiger partial charge is 0.478 e. The summed E-state index contributed by atoms with van der Waals surface area (Å²) >= 11 is 0.842. The molecule has 9 heteroatoms. The van der Waals surface area contributed by atoms with E-state index in [1.54, 1.807) is 0 Å². The molecule has 130 valence electrons. The zero-order chi connectivity index (χ0) is 18.6. The number of esters is 1. The maximum absolute atomic E-state index is 13.2. The highest BCUT2D eigenvalue weighted by molar-refractivity contribution is 7.99. The van der Waals surface area contributed by atoms with Crippen LogP contribution >= 0.6 is 11.8 Å². The molecule has 0 atom stereocenters. The number of hydrogen-bond donors (Lipinski definition) is 1. The lowest BCUT2D eigenvalue weighted by Gasteiger charge is -2.08. The van der Waals surface area contributed by atoms with E-state index in [1.807, 2.05) is 0 Å². The lowest BCUT2D eigenvalue weighted by Crippen LogP contribution is -2.01. The van der Waals surface area contributed by atoms with Gasteiger partial charge in [-0.3, -0.25) is 14.9 Å². The second kappa shape index (κ2) is 7.75. The first kappa shape index (κ1) is 18.4. The normalized spacial score (nSPS) is 10.3. The molecule has 0 aromatic heterocycles. The highest BCUT2D eigenvalue weighted by Crippen LogP contribution is 2.37. The molecule has 25 heavy (non-hydrogen) atoms. The van der Waals surface area contributed by atoms with Gasteiger partial charge in [-0.2, -0.15) is 0 Å². The van der Waals surface area contributed by atoms with Crippen LogP contribution in [0.25, 0.3) is 0 Å². The Kier molecular flexibility index (Phi) is 5.71. The van der Waals surface area contributed by atoms with Crippen LogP contribution in [0, 0.1) is 15.9 Å². The van der Waals surface area contributed by atoms with E-state index in [0.29, 0.717) is 5.56 Å². The topological polar surface area (TPSA) is 107 Å². The molecule has 0 bridgehead atoms. The smallest absolute Gasteiger partial charge is 0.336 e. The molecule has 0 unspecified atom stereocenters. The number of hydrogen-bond acceptors (Lipinski definition) is 6. The van der Waals surface area contributed by atoms with Crippen molar-refractivity contribution in [3.8, 4) is 0 Å². The predicted molar refractivity (Wildman–Crippen MR) is 86.0 cm³/mol. The number of aromatic carboxylic acids is 1. The average molecular weight is 365 g/mol. The second-order valence-corrected chi connectivity index (χ2v) is 5.97. The molecule has 1 N–H and O–H groups in total. The number of carboxylic acid groups (broad SMARTS) is 1. The van der Waals surface area contributed by atoms with E-state index in [9.17, 15) is 24.1 Å². The number of nitrogens with zero attached hydrogens (tertiary/aromatic N) is 1. The van der Waals surface area contributed by atoms with Crippen LogP contribution in [-0.2, 0) is 16.1 Å². The van der Waals surface area contributed by atoms with Gasteiger partial charge in [0.1, 0.15) is 12.4 Å². The summed E-state index contributed by atoms with van der Waals surface area (Å²) in [5.41, 5.74) is -0.137. The predicted octanol–water partition coefficient (Wildman–Crippen LogP) is 3.65. The molecule has 2 aromatic carbocycles. The maximum Gasteiger partial charge on any atom is 0.336 e. The van der Waals surface area contributed by atoms with Crippen molar-refractivity contribution < 1.29 is 28.7 Å². The number of carboxylic acids is 1. The minimum atomic E-state index is -1.34. The molecular formula is C16H12FNO6S. The quantitative estimate of drug-likeness (QED) is 0.473. The molecule has 0 aliphatic heterocycles. The van der Waals surface area contributed by atoms with Crippen molar-refractivity contribution in [3.63, 3.8) is 0 Å². The molecule has 7 nitrogen and oxygen atoms in total. The van der Waals surface area contributed by atoms with Crippen molar-refractivity contribution in [3.05, 3.63) is 63.5 Å². The lowest BCUT2D eigenvalue weighted by molar-refractivity contribution is -0.387. The van der Waals surface area contributed by atoms with E-state index in [1.165, 1.54) is 31.2 Å².